The van der Waals surface area contributed by atoms with Crippen molar-refractivity contribution in [1.82, 2.24) is 4.90 Å². The van der Waals surface area contributed by atoms with E-state index in [9.17, 15) is 19.5 Å². The number of fused-ring (bicyclic) bond motifs is 2. The molecule has 2 aliphatic carbocycles. The Morgan fingerprint density at radius 1 is 1.19 bits per heavy atom. The lowest BCUT2D eigenvalue weighted by atomic mass is 9.65. The molecule has 0 aromatic heterocycles. The molecule has 4 bridgehead atoms. The molecule has 0 spiro atoms. The number of aliphatic hydroxyl groups is 1. The number of carbonyl (C=O) groups excluding carboxylic acids is 3. The lowest BCUT2D eigenvalue weighted by molar-refractivity contribution is -0.149. The lowest BCUT2D eigenvalue weighted by Gasteiger charge is -2.47. The standard InChI is InChI=1S/C21H27NO5/c1-11-9-22-10-13-3-4-16(23)27-6-5-12-7-14-17(18(12)24)19(25)21(11,26)8-15(22)20(13,14)2/h11-13,15,26H,3-10H2,1-2H3. The molecule has 3 saturated heterocycles. The molecule has 3 fully saturated rings. The molecular weight excluding hydrogens is 346 g/mol. The van der Waals surface area contributed by atoms with Crippen molar-refractivity contribution in [2.75, 3.05) is 19.7 Å². The highest BCUT2D eigenvalue weighted by Crippen LogP contribution is 2.60. The minimum absolute atomic E-state index is 0.0449. The first-order valence-electron chi connectivity index (χ1n) is 10.2. The highest BCUT2D eigenvalue weighted by atomic mass is 16.5. The third-order valence-electron chi connectivity index (χ3n) is 8.33. The number of Topliss-reactive ketones (excluding diaryl/α,β-unsaturated/α-hetero) is 2. The molecule has 0 aromatic carbocycles. The summed E-state index contributed by atoms with van der Waals surface area (Å²) in [5, 5.41) is 11.4. The fourth-order valence-corrected chi connectivity index (χ4v) is 6.61. The van der Waals surface area contributed by atoms with E-state index in [-0.39, 0.29) is 53.4 Å². The van der Waals surface area contributed by atoms with Crippen LogP contribution in [0.2, 0.25) is 0 Å². The molecule has 3 aliphatic heterocycles. The van der Waals surface area contributed by atoms with E-state index in [2.05, 4.69) is 11.8 Å². The molecule has 1 N–H and O–H groups in total. The fraction of sp³-hybridized carbons (Fsp3) is 0.762. The van der Waals surface area contributed by atoms with Crippen molar-refractivity contribution in [3.63, 3.8) is 0 Å². The first kappa shape index (κ1) is 17.6. The first-order chi connectivity index (χ1) is 12.8. The monoisotopic (exact) mass is 373 g/mol. The minimum atomic E-state index is -1.45. The average Bonchev–Trinajstić information content (AvgIpc) is 3.06. The van der Waals surface area contributed by atoms with E-state index in [1.807, 2.05) is 6.92 Å². The van der Waals surface area contributed by atoms with Crippen molar-refractivity contribution in [2.24, 2.45) is 23.2 Å². The van der Waals surface area contributed by atoms with Crippen molar-refractivity contribution in [3.8, 4) is 0 Å². The summed E-state index contributed by atoms with van der Waals surface area (Å²) in [6.45, 7) is 5.81. The topological polar surface area (TPSA) is 83.9 Å². The van der Waals surface area contributed by atoms with Crippen LogP contribution in [0.25, 0.3) is 0 Å². The number of cyclic esters (lactones) is 1. The van der Waals surface area contributed by atoms with Crippen molar-refractivity contribution < 1.29 is 24.2 Å². The largest absolute Gasteiger partial charge is 0.466 e. The third-order valence-corrected chi connectivity index (χ3v) is 8.33. The number of piperidine rings is 1. The van der Waals surface area contributed by atoms with Gasteiger partial charge in [0, 0.05) is 49.2 Å². The molecule has 6 nitrogen and oxygen atoms in total. The molecule has 27 heavy (non-hydrogen) atoms. The van der Waals surface area contributed by atoms with Crippen molar-refractivity contribution >= 4 is 17.5 Å². The number of ether oxygens (including phenoxy) is 1. The summed E-state index contributed by atoms with van der Waals surface area (Å²) in [6.07, 6.45) is 2.47. The van der Waals surface area contributed by atoms with E-state index in [1.165, 1.54) is 0 Å². The van der Waals surface area contributed by atoms with Crippen LogP contribution in [0.3, 0.4) is 0 Å². The van der Waals surface area contributed by atoms with Gasteiger partial charge in [-0.2, -0.15) is 0 Å². The van der Waals surface area contributed by atoms with Crippen molar-refractivity contribution in [3.05, 3.63) is 11.1 Å². The Labute approximate surface area is 158 Å². The number of carbonyl (C=O) groups is 3. The van der Waals surface area contributed by atoms with Gasteiger partial charge in [-0.1, -0.05) is 13.8 Å². The van der Waals surface area contributed by atoms with Crippen LogP contribution in [0.15, 0.2) is 11.1 Å². The van der Waals surface area contributed by atoms with Gasteiger partial charge in [-0.3, -0.25) is 19.3 Å². The third kappa shape index (κ3) is 2.11. The van der Waals surface area contributed by atoms with E-state index in [0.29, 0.717) is 44.2 Å². The summed E-state index contributed by atoms with van der Waals surface area (Å²) in [5.74, 6) is -1.02. The second-order valence-corrected chi connectivity index (χ2v) is 9.47. The summed E-state index contributed by atoms with van der Waals surface area (Å²) in [7, 11) is 0. The summed E-state index contributed by atoms with van der Waals surface area (Å²) in [6, 6.07) is 0.0449. The number of nitrogens with zero attached hydrogens (tertiary/aromatic N) is 1. The smallest absolute Gasteiger partial charge is 0.305 e. The molecule has 0 amide bonds. The second-order valence-electron chi connectivity index (χ2n) is 9.47. The van der Waals surface area contributed by atoms with Gasteiger partial charge in [0.15, 0.2) is 11.6 Å². The summed E-state index contributed by atoms with van der Waals surface area (Å²) in [5.41, 5.74) is -0.546. The maximum Gasteiger partial charge on any atom is 0.305 e. The molecule has 6 atom stereocenters. The minimum Gasteiger partial charge on any atom is -0.466 e. The van der Waals surface area contributed by atoms with E-state index in [1.54, 1.807) is 0 Å². The van der Waals surface area contributed by atoms with Gasteiger partial charge in [-0.15, -0.1) is 0 Å². The molecule has 0 aromatic rings. The number of hydrogen-bond acceptors (Lipinski definition) is 6. The molecule has 6 heteroatoms. The van der Waals surface area contributed by atoms with Gasteiger partial charge in [-0.25, -0.2) is 0 Å². The molecule has 146 valence electrons. The SMILES string of the molecule is CC1CN2CC3CCC(=O)OCCC4CC5=C(C4=O)C(=O)C1(O)CC2C53C. The summed E-state index contributed by atoms with van der Waals surface area (Å²) >= 11 is 0. The van der Waals surface area contributed by atoms with Gasteiger partial charge < -0.3 is 9.84 Å². The maximum atomic E-state index is 13.4. The van der Waals surface area contributed by atoms with Gasteiger partial charge in [-0.05, 0) is 30.8 Å². The highest BCUT2D eigenvalue weighted by molar-refractivity contribution is 6.26. The Balaban J connectivity index is 1.72. The van der Waals surface area contributed by atoms with E-state index in [0.717, 1.165) is 12.1 Å². The quantitative estimate of drug-likeness (QED) is 0.508. The van der Waals surface area contributed by atoms with Gasteiger partial charge in [0.1, 0.15) is 5.60 Å². The average molecular weight is 373 g/mol. The summed E-state index contributed by atoms with van der Waals surface area (Å²) in [4.78, 5) is 41.2. The number of ketones is 2. The van der Waals surface area contributed by atoms with Crippen molar-refractivity contribution in [2.45, 2.75) is 57.6 Å². The Morgan fingerprint density at radius 3 is 2.74 bits per heavy atom. The van der Waals surface area contributed by atoms with Crippen LogP contribution in [-0.4, -0.2) is 58.9 Å². The van der Waals surface area contributed by atoms with Crippen LogP contribution in [0.4, 0.5) is 0 Å². The Hall–Kier alpha value is -1.53. The zero-order valence-electron chi connectivity index (χ0n) is 16.0. The number of esters is 1. The molecule has 0 saturated carbocycles. The molecular formula is C21H27NO5. The maximum absolute atomic E-state index is 13.4. The summed E-state index contributed by atoms with van der Waals surface area (Å²) < 4.78 is 5.33. The fourth-order valence-electron chi connectivity index (χ4n) is 6.61. The zero-order chi connectivity index (χ0) is 19.1. The zero-order valence-corrected chi connectivity index (χ0v) is 16.0. The Kier molecular flexibility index (Phi) is 3.58. The van der Waals surface area contributed by atoms with Crippen LogP contribution in [0, 0.1) is 23.2 Å². The molecule has 5 rings (SSSR count). The van der Waals surface area contributed by atoms with Crippen LogP contribution in [-0.2, 0) is 19.1 Å². The lowest BCUT2D eigenvalue weighted by Crippen LogP contribution is -2.59. The predicted octanol–water partition coefficient (Wildman–Crippen LogP) is 1.26. The second kappa shape index (κ2) is 5.51. The van der Waals surface area contributed by atoms with Crippen LogP contribution < -0.4 is 0 Å². The predicted molar refractivity (Wildman–Crippen MR) is 95.6 cm³/mol. The molecule has 6 unspecified atom stereocenters. The van der Waals surface area contributed by atoms with Gasteiger partial charge in [0.05, 0.1) is 12.2 Å². The number of rotatable bonds is 0. The number of hydrogen-bond donors (Lipinski definition) is 1. The van der Waals surface area contributed by atoms with E-state index < -0.39 is 5.60 Å². The first-order valence-corrected chi connectivity index (χ1v) is 10.2. The van der Waals surface area contributed by atoms with Gasteiger partial charge in [0.25, 0.3) is 0 Å². The molecule has 0 radical (unpaired) electrons. The van der Waals surface area contributed by atoms with Crippen molar-refractivity contribution in [1.29, 1.82) is 0 Å². The van der Waals surface area contributed by atoms with Gasteiger partial charge >= 0.3 is 5.97 Å². The molecule has 5 aliphatic rings. The van der Waals surface area contributed by atoms with Crippen LogP contribution >= 0.6 is 0 Å². The Morgan fingerprint density at radius 2 is 1.96 bits per heavy atom. The van der Waals surface area contributed by atoms with E-state index in [4.69, 9.17) is 4.74 Å². The molecule has 3 heterocycles. The van der Waals surface area contributed by atoms with Crippen LogP contribution in [0.5, 0.6) is 0 Å². The van der Waals surface area contributed by atoms with Crippen LogP contribution in [0.1, 0.15) is 46.0 Å². The van der Waals surface area contributed by atoms with Gasteiger partial charge in [0.2, 0.25) is 0 Å². The normalized spacial score (nSPS) is 47.1. The Bertz CT molecular complexity index is 787. The highest BCUT2D eigenvalue weighted by Gasteiger charge is 2.65. The van der Waals surface area contributed by atoms with E-state index >= 15 is 0 Å².